The van der Waals surface area contributed by atoms with Crippen LogP contribution in [-0.2, 0) is 9.59 Å². The van der Waals surface area contributed by atoms with Crippen molar-refractivity contribution in [3.05, 3.63) is 42.2 Å². The molecule has 1 saturated carbocycles. The van der Waals surface area contributed by atoms with E-state index in [0.717, 1.165) is 6.42 Å². The minimum Gasteiger partial charge on any atom is -0.492 e. The van der Waals surface area contributed by atoms with Gasteiger partial charge in [0.15, 0.2) is 5.96 Å². The first-order chi connectivity index (χ1) is 14.6. The van der Waals surface area contributed by atoms with Crippen LogP contribution >= 0.6 is 24.0 Å². The molecule has 0 spiro atoms. The summed E-state index contributed by atoms with van der Waals surface area (Å²) in [6.07, 6.45) is 5.13. The Morgan fingerprint density at radius 2 is 1.90 bits per heavy atom. The van der Waals surface area contributed by atoms with Crippen LogP contribution in [0.4, 0.5) is 4.39 Å². The van der Waals surface area contributed by atoms with Gasteiger partial charge in [-0.1, -0.05) is 18.2 Å². The summed E-state index contributed by atoms with van der Waals surface area (Å²) < 4.78 is 18.7. The number of amides is 2. The van der Waals surface area contributed by atoms with Gasteiger partial charge in [0.05, 0.1) is 24.9 Å². The number of rotatable bonds is 8. The number of halogens is 2. The minimum atomic E-state index is -0.339. The lowest BCUT2D eigenvalue weighted by Crippen LogP contribution is -2.40. The molecule has 0 aromatic heterocycles. The Balaban J connectivity index is 0.00000272. The van der Waals surface area contributed by atoms with E-state index in [0.29, 0.717) is 44.5 Å². The molecule has 2 fully saturated rings. The fourth-order valence-corrected chi connectivity index (χ4v) is 4.68. The molecule has 3 aliphatic rings. The number of nitrogens with zero attached hydrogens (tertiary/aromatic N) is 2. The second-order valence-corrected chi connectivity index (χ2v) is 7.82. The minimum absolute atomic E-state index is 0. The highest BCUT2D eigenvalue weighted by Crippen LogP contribution is 2.52. The van der Waals surface area contributed by atoms with E-state index in [1.54, 1.807) is 12.1 Å². The molecule has 1 heterocycles. The maximum atomic E-state index is 13.2. The van der Waals surface area contributed by atoms with E-state index in [2.05, 4.69) is 27.8 Å². The van der Waals surface area contributed by atoms with Gasteiger partial charge in [0.1, 0.15) is 18.2 Å². The predicted molar refractivity (Wildman–Crippen MR) is 126 cm³/mol. The third kappa shape index (κ3) is 5.02. The molecule has 2 aliphatic carbocycles. The molecule has 4 unspecified atom stereocenters. The molecule has 1 aromatic carbocycles. The summed E-state index contributed by atoms with van der Waals surface area (Å²) in [6.45, 7) is 4.08. The average Bonchev–Trinajstić information content (AvgIpc) is 3.41. The van der Waals surface area contributed by atoms with Crippen molar-refractivity contribution in [2.75, 3.05) is 32.8 Å². The molecule has 1 saturated heterocycles. The molecule has 2 N–H and O–H groups in total. The molecular formula is C22H28FIN4O3. The Labute approximate surface area is 198 Å². The Hall–Kier alpha value is -2.17. The lowest BCUT2D eigenvalue weighted by atomic mass is 9.85. The quantitative estimate of drug-likeness (QED) is 0.132. The van der Waals surface area contributed by atoms with Gasteiger partial charge in [-0.05, 0) is 37.3 Å². The van der Waals surface area contributed by atoms with Crippen molar-refractivity contribution < 1.29 is 18.7 Å². The maximum absolute atomic E-state index is 13.2. The van der Waals surface area contributed by atoms with Gasteiger partial charge in [0.25, 0.3) is 0 Å². The topological polar surface area (TPSA) is 83.0 Å². The molecule has 7 nitrogen and oxygen atoms in total. The number of carbonyl (C=O) groups is 2. The number of hydrogen-bond donors (Lipinski definition) is 2. The first kappa shape index (κ1) is 23.5. The van der Waals surface area contributed by atoms with Crippen LogP contribution in [0.5, 0.6) is 5.75 Å². The third-order valence-electron chi connectivity index (χ3n) is 5.96. The van der Waals surface area contributed by atoms with Gasteiger partial charge in [-0.2, -0.15) is 0 Å². The second-order valence-electron chi connectivity index (χ2n) is 7.82. The molecule has 2 amide bonds. The average molecular weight is 542 g/mol. The van der Waals surface area contributed by atoms with Crippen LogP contribution in [0.1, 0.15) is 13.3 Å². The number of likely N-dealkylation sites (tertiary alicyclic amines) is 1. The largest absolute Gasteiger partial charge is 0.492 e. The first-order valence-corrected chi connectivity index (χ1v) is 10.5. The van der Waals surface area contributed by atoms with Gasteiger partial charge in [-0.15, -0.1) is 24.0 Å². The fraction of sp³-hybridized carbons (Fsp3) is 0.500. The van der Waals surface area contributed by atoms with Crippen molar-refractivity contribution in [2.45, 2.75) is 13.3 Å². The zero-order valence-electron chi connectivity index (χ0n) is 17.4. The molecular weight excluding hydrogens is 514 g/mol. The van der Waals surface area contributed by atoms with E-state index in [9.17, 15) is 14.0 Å². The summed E-state index contributed by atoms with van der Waals surface area (Å²) in [5, 5.41) is 6.27. The molecule has 2 bridgehead atoms. The zero-order valence-corrected chi connectivity index (χ0v) is 19.8. The summed E-state index contributed by atoms with van der Waals surface area (Å²) in [5.41, 5.74) is 0. The van der Waals surface area contributed by atoms with E-state index in [1.807, 2.05) is 6.92 Å². The Morgan fingerprint density at radius 1 is 1.19 bits per heavy atom. The van der Waals surface area contributed by atoms with Gasteiger partial charge in [0.2, 0.25) is 11.8 Å². The number of guanidine groups is 1. The van der Waals surface area contributed by atoms with Crippen LogP contribution in [0, 0.1) is 29.5 Å². The van der Waals surface area contributed by atoms with Gasteiger partial charge >= 0.3 is 0 Å². The highest BCUT2D eigenvalue weighted by atomic mass is 127. The highest BCUT2D eigenvalue weighted by molar-refractivity contribution is 14.0. The maximum Gasteiger partial charge on any atom is 0.233 e. The number of hydrogen-bond acceptors (Lipinski definition) is 4. The van der Waals surface area contributed by atoms with Crippen molar-refractivity contribution >= 4 is 41.8 Å². The van der Waals surface area contributed by atoms with Crippen LogP contribution in [0.2, 0.25) is 0 Å². The summed E-state index contributed by atoms with van der Waals surface area (Å²) in [4.78, 5) is 31.3. The van der Waals surface area contributed by atoms with Crippen molar-refractivity contribution in [3.63, 3.8) is 0 Å². The molecule has 0 radical (unpaired) electrons. The molecule has 1 aromatic rings. The molecule has 4 atom stereocenters. The second kappa shape index (κ2) is 10.4. The highest BCUT2D eigenvalue weighted by Gasteiger charge is 2.58. The Kier molecular flexibility index (Phi) is 7.90. The summed E-state index contributed by atoms with van der Waals surface area (Å²) in [5.74, 6) is 0.751. The number of imide groups is 1. The SMILES string of the molecule is CCNC(=NCCN1C(=O)C2C3C=CC(C3)C2C1=O)NCCOc1cccc(F)c1.I. The number of nitrogens with one attached hydrogen (secondary N) is 2. The third-order valence-corrected chi connectivity index (χ3v) is 5.96. The normalized spacial score (nSPS) is 26.1. The van der Waals surface area contributed by atoms with E-state index in [-0.39, 0.29) is 65.3 Å². The van der Waals surface area contributed by atoms with Gasteiger partial charge < -0.3 is 15.4 Å². The molecule has 168 valence electrons. The number of aliphatic imine (C=N–C) groups is 1. The number of benzene rings is 1. The number of ether oxygens (including phenoxy) is 1. The van der Waals surface area contributed by atoms with Crippen LogP contribution in [0.25, 0.3) is 0 Å². The molecule has 4 rings (SSSR count). The van der Waals surface area contributed by atoms with Crippen molar-refractivity contribution in [1.29, 1.82) is 0 Å². The summed E-state index contributed by atoms with van der Waals surface area (Å²) in [7, 11) is 0. The van der Waals surface area contributed by atoms with E-state index >= 15 is 0 Å². The van der Waals surface area contributed by atoms with Gasteiger partial charge in [0, 0.05) is 19.2 Å². The van der Waals surface area contributed by atoms with E-state index in [1.165, 1.54) is 17.0 Å². The number of fused-ring (bicyclic) bond motifs is 5. The lowest BCUT2D eigenvalue weighted by molar-refractivity contribution is -0.140. The van der Waals surface area contributed by atoms with Crippen molar-refractivity contribution in [3.8, 4) is 5.75 Å². The lowest BCUT2D eigenvalue weighted by Gasteiger charge is -2.17. The molecule has 1 aliphatic heterocycles. The van der Waals surface area contributed by atoms with E-state index in [4.69, 9.17) is 4.74 Å². The number of carbonyl (C=O) groups excluding carboxylic acids is 2. The smallest absolute Gasteiger partial charge is 0.233 e. The number of allylic oxidation sites excluding steroid dienone is 2. The predicted octanol–water partition coefficient (Wildman–Crippen LogP) is 2.18. The first-order valence-electron chi connectivity index (χ1n) is 10.5. The van der Waals surface area contributed by atoms with Gasteiger partial charge in [-0.3, -0.25) is 19.5 Å². The molecule has 31 heavy (non-hydrogen) atoms. The van der Waals surface area contributed by atoms with Gasteiger partial charge in [-0.25, -0.2) is 4.39 Å². The Bertz CT molecular complexity index is 848. The summed E-state index contributed by atoms with van der Waals surface area (Å²) >= 11 is 0. The van der Waals surface area contributed by atoms with Crippen molar-refractivity contribution in [2.24, 2.45) is 28.7 Å². The van der Waals surface area contributed by atoms with Crippen molar-refractivity contribution in [1.82, 2.24) is 15.5 Å². The van der Waals surface area contributed by atoms with Crippen LogP contribution in [0.15, 0.2) is 41.4 Å². The van der Waals surface area contributed by atoms with E-state index < -0.39 is 0 Å². The Morgan fingerprint density at radius 3 is 2.55 bits per heavy atom. The zero-order chi connectivity index (χ0) is 21.1. The molecule has 9 heteroatoms. The standard InChI is InChI=1S/C22H27FN4O3.HI/c1-2-24-22(26-9-11-30-17-5-3-4-16(23)13-17)25-8-10-27-20(28)18-14-6-7-15(12-14)19(18)21(27)29;/h3-7,13-15,18-19H,2,8-12H2,1H3,(H2,24,25,26);1H. The fourth-order valence-electron chi connectivity index (χ4n) is 4.68. The van der Waals surface area contributed by atoms with Crippen LogP contribution in [0.3, 0.4) is 0 Å². The summed E-state index contributed by atoms with van der Waals surface area (Å²) in [6, 6.07) is 6.00. The monoisotopic (exact) mass is 542 g/mol. The van der Waals surface area contributed by atoms with Crippen LogP contribution in [-0.4, -0.2) is 55.5 Å². The van der Waals surface area contributed by atoms with Crippen LogP contribution < -0.4 is 15.4 Å².